The first kappa shape index (κ1) is 19.7. The topological polar surface area (TPSA) is 56.9 Å². The molecule has 0 spiro atoms. The third kappa shape index (κ3) is 5.47. The maximum atomic E-state index is 6.09. The SMILES string of the molecule is CN=C(NCc1cc(C(C)C)no1)N1CCN(Cc2cccc(Cl)c2)CC1. The third-order valence-corrected chi connectivity index (χ3v) is 5.00. The zero-order valence-corrected chi connectivity index (χ0v) is 17.0. The summed E-state index contributed by atoms with van der Waals surface area (Å²) in [4.78, 5) is 9.15. The Bertz CT molecular complexity index is 765. The van der Waals surface area contributed by atoms with Crippen LogP contribution in [0.1, 0.15) is 36.8 Å². The number of nitrogens with zero attached hydrogens (tertiary/aromatic N) is 4. The molecular weight excluding hydrogens is 362 g/mol. The number of piperazine rings is 1. The lowest BCUT2D eigenvalue weighted by atomic mass is 10.1. The van der Waals surface area contributed by atoms with Gasteiger partial charge >= 0.3 is 0 Å². The van der Waals surface area contributed by atoms with E-state index in [1.54, 1.807) is 0 Å². The summed E-state index contributed by atoms with van der Waals surface area (Å²) in [6.07, 6.45) is 0. The lowest BCUT2D eigenvalue weighted by molar-refractivity contribution is 0.172. The van der Waals surface area contributed by atoms with Crippen LogP contribution in [0.5, 0.6) is 0 Å². The first-order chi connectivity index (χ1) is 13.0. The van der Waals surface area contributed by atoms with E-state index in [-0.39, 0.29) is 0 Å². The molecule has 1 aliphatic rings. The molecule has 1 saturated heterocycles. The van der Waals surface area contributed by atoms with E-state index in [4.69, 9.17) is 16.1 Å². The van der Waals surface area contributed by atoms with E-state index in [2.05, 4.69) is 45.2 Å². The van der Waals surface area contributed by atoms with Crippen LogP contribution in [0.25, 0.3) is 0 Å². The van der Waals surface area contributed by atoms with Crippen LogP contribution in [0.4, 0.5) is 0 Å². The standard InChI is InChI=1S/C20H28ClN5O/c1-15(2)19-12-18(27-24-19)13-23-20(22-3)26-9-7-25(8-10-26)14-16-5-4-6-17(21)11-16/h4-6,11-12,15H,7-10,13-14H2,1-3H3,(H,22,23). The van der Waals surface area contributed by atoms with Crippen molar-refractivity contribution in [1.82, 2.24) is 20.3 Å². The first-order valence-electron chi connectivity index (χ1n) is 9.43. The Morgan fingerprint density at radius 2 is 2.04 bits per heavy atom. The summed E-state index contributed by atoms with van der Waals surface area (Å²) in [5.74, 6) is 2.11. The normalized spacial score (nSPS) is 16.2. The molecule has 6 nitrogen and oxygen atoms in total. The minimum atomic E-state index is 0.370. The van der Waals surface area contributed by atoms with Crippen molar-refractivity contribution in [1.29, 1.82) is 0 Å². The van der Waals surface area contributed by atoms with Crippen LogP contribution < -0.4 is 5.32 Å². The van der Waals surface area contributed by atoms with Crippen molar-refractivity contribution in [2.45, 2.75) is 32.9 Å². The summed E-state index contributed by atoms with van der Waals surface area (Å²) >= 11 is 6.09. The number of halogens is 1. The molecule has 2 aromatic rings. The summed E-state index contributed by atoms with van der Waals surface area (Å²) in [5, 5.41) is 8.28. The van der Waals surface area contributed by atoms with E-state index in [0.717, 1.165) is 55.2 Å². The third-order valence-electron chi connectivity index (χ3n) is 4.77. The quantitative estimate of drug-likeness (QED) is 0.627. The Balaban J connectivity index is 1.48. The molecule has 146 valence electrons. The van der Waals surface area contributed by atoms with Crippen LogP contribution >= 0.6 is 11.6 Å². The smallest absolute Gasteiger partial charge is 0.194 e. The fourth-order valence-corrected chi connectivity index (χ4v) is 3.41. The van der Waals surface area contributed by atoms with Gasteiger partial charge in [-0.3, -0.25) is 9.89 Å². The molecule has 27 heavy (non-hydrogen) atoms. The first-order valence-corrected chi connectivity index (χ1v) is 9.81. The lowest BCUT2D eigenvalue weighted by Gasteiger charge is -2.36. The molecule has 7 heteroatoms. The molecule has 0 amide bonds. The number of nitrogens with one attached hydrogen (secondary N) is 1. The Morgan fingerprint density at radius 3 is 2.67 bits per heavy atom. The van der Waals surface area contributed by atoms with Gasteiger partial charge in [0.05, 0.1) is 12.2 Å². The highest BCUT2D eigenvalue weighted by molar-refractivity contribution is 6.30. The second-order valence-corrected chi connectivity index (χ2v) is 7.60. The van der Waals surface area contributed by atoms with Crippen LogP contribution in [0, 0.1) is 0 Å². The number of benzene rings is 1. The number of guanidine groups is 1. The molecule has 0 radical (unpaired) electrons. The molecule has 1 aliphatic heterocycles. The summed E-state index contributed by atoms with van der Waals surface area (Å²) in [7, 11) is 1.82. The van der Waals surface area contributed by atoms with E-state index in [9.17, 15) is 0 Å². The molecular formula is C20H28ClN5O. The van der Waals surface area contributed by atoms with Crippen molar-refractivity contribution in [3.63, 3.8) is 0 Å². The molecule has 0 aliphatic carbocycles. The van der Waals surface area contributed by atoms with Gasteiger partial charge in [0.15, 0.2) is 11.7 Å². The summed E-state index contributed by atoms with van der Waals surface area (Å²) < 4.78 is 5.40. The number of hydrogen-bond acceptors (Lipinski definition) is 4. The highest BCUT2D eigenvalue weighted by atomic mass is 35.5. The van der Waals surface area contributed by atoms with Gasteiger partial charge in [-0.15, -0.1) is 0 Å². The second-order valence-electron chi connectivity index (χ2n) is 7.17. The van der Waals surface area contributed by atoms with Crippen molar-refractivity contribution in [3.8, 4) is 0 Å². The van der Waals surface area contributed by atoms with Crippen molar-refractivity contribution in [2.75, 3.05) is 33.2 Å². The monoisotopic (exact) mass is 389 g/mol. The van der Waals surface area contributed by atoms with E-state index >= 15 is 0 Å². The van der Waals surface area contributed by atoms with E-state index in [1.807, 2.05) is 31.3 Å². The minimum Gasteiger partial charge on any atom is -0.359 e. The van der Waals surface area contributed by atoms with Crippen LogP contribution in [0.2, 0.25) is 5.02 Å². The van der Waals surface area contributed by atoms with Gasteiger partial charge in [-0.2, -0.15) is 0 Å². The molecule has 0 saturated carbocycles. The van der Waals surface area contributed by atoms with Gasteiger partial charge in [-0.1, -0.05) is 42.7 Å². The number of rotatable bonds is 5. The van der Waals surface area contributed by atoms with Crippen LogP contribution in [0.15, 0.2) is 39.8 Å². The predicted molar refractivity (Wildman–Crippen MR) is 109 cm³/mol. The Labute approximate surface area is 166 Å². The maximum Gasteiger partial charge on any atom is 0.194 e. The number of hydrogen-bond donors (Lipinski definition) is 1. The van der Waals surface area contributed by atoms with Crippen LogP contribution in [-0.2, 0) is 13.1 Å². The minimum absolute atomic E-state index is 0.370. The van der Waals surface area contributed by atoms with Gasteiger partial charge in [0.25, 0.3) is 0 Å². The van der Waals surface area contributed by atoms with Gasteiger partial charge < -0.3 is 14.7 Å². The molecule has 3 rings (SSSR count). The van der Waals surface area contributed by atoms with Gasteiger partial charge in [0.1, 0.15) is 0 Å². The van der Waals surface area contributed by atoms with E-state index in [1.165, 1.54) is 5.56 Å². The molecule has 1 N–H and O–H groups in total. The van der Waals surface area contributed by atoms with Crippen LogP contribution in [-0.4, -0.2) is 54.1 Å². The zero-order chi connectivity index (χ0) is 19.2. The molecule has 1 aromatic carbocycles. The summed E-state index contributed by atoms with van der Waals surface area (Å²) in [6, 6.07) is 10.1. The average Bonchev–Trinajstić information content (AvgIpc) is 3.13. The molecule has 1 aromatic heterocycles. The highest BCUT2D eigenvalue weighted by Crippen LogP contribution is 2.15. The van der Waals surface area contributed by atoms with Gasteiger partial charge in [-0.05, 0) is 23.6 Å². The Kier molecular flexibility index (Phi) is 6.74. The van der Waals surface area contributed by atoms with Gasteiger partial charge in [-0.25, -0.2) is 0 Å². The molecule has 0 bridgehead atoms. The molecule has 0 unspecified atom stereocenters. The van der Waals surface area contributed by atoms with Crippen molar-refractivity contribution >= 4 is 17.6 Å². The van der Waals surface area contributed by atoms with Crippen molar-refractivity contribution < 1.29 is 4.52 Å². The maximum absolute atomic E-state index is 6.09. The fourth-order valence-electron chi connectivity index (χ4n) is 3.19. The zero-order valence-electron chi connectivity index (χ0n) is 16.3. The molecule has 2 heterocycles. The van der Waals surface area contributed by atoms with E-state index in [0.29, 0.717) is 12.5 Å². The predicted octanol–water partition coefficient (Wildman–Crippen LogP) is 3.34. The molecule has 1 fully saturated rings. The van der Waals surface area contributed by atoms with Gasteiger partial charge in [0.2, 0.25) is 0 Å². The Hall–Kier alpha value is -2.05. The summed E-state index contributed by atoms with van der Waals surface area (Å²) in [6.45, 7) is 9.60. The van der Waals surface area contributed by atoms with Crippen LogP contribution in [0.3, 0.4) is 0 Å². The van der Waals surface area contributed by atoms with E-state index < -0.39 is 0 Å². The highest BCUT2D eigenvalue weighted by Gasteiger charge is 2.20. The Morgan fingerprint density at radius 1 is 1.26 bits per heavy atom. The van der Waals surface area contributed by atoms with Crippen molar-refractivity contribution in [2.24, 2.45) is 4.99 Å². The number of aliphatic imine (C=N–C) groups is 1. The van der Waals surface area contributed by atoms with Gasteiger partial charge in [0, 0.05) is 50.9 Å². The fraction of sp³-hybridized carbons (Fsp3) is 0.500. The summed E-state index contributed by atoms with van der Waals surface area (Å²) in [5.41, 5.74) is 2.24. The lowest BCUT2D eigenvalue weighted by Crippen LogP contribution is -2.52. The van der Waals surface area contributed by atoms with Crippen molar-refractivity contribution in [3.05, 3.63) is 52.4 Å². The largest absolute Gasteiger partial charge is 0.359 e. The second kappa shape index (κ2) is 9.24. The average molecular weight is 390 g/mol. The molecule has 0 atom stereocenters. The number of aromatic nitrogens is 1.